The third-order valence-electron chi connectivity index (χ3n) is 15.7. The van der Waals surface area contributed by atoms with Crippen molar-refractivity contribution in [3.05, 3.63) is 270 Å². The van der Waals surface area contributed by atoms with Gasteiger partial charge in [0.25, 0.3) is 0 Å². The number of H-pyrrole nitrogens is 3. The molecule has 17 aromatic rings. The van der Waals surface area contributed by atoms with Crippen molar-refractivity contribution in [3.63, 3.8) is 0 Å². The number of aromatic nitrogens is 10. The molecule has 18 N–H and O–H groups in total. The summed E-state index contributed by atoms with van der Waals surface area (Å²) in [6.07, 6.45) is 10.3. The monoisotopic (exact) mass is 1970 g/mol. The van der Waals surface area contributed by atoms with E-state index in [1.165, 1.54) is 57.8 Å². The lowest BCUT2D eigenvalue weighted by atomic mass is 10.3. The molecule has 23 nitrogen and oxygen atoms in total. The van der Waals surface area contributed by atoms with E-state index in [9.17, 15) is 4.79 Å². The minimum Gasteiger partial charge on any atom is -0.465 e. The molecule has 0 aliphatic rings. The van der Waals surface area contributed by atoms with Gasteiger partial charge in [0.05, 0.1) is 102 Å². The van der Waals surface area contributed by atoms with E-state index < -0.39 is 0 Å². The molecular formula is C81H88Cl4IN21O2S10. The van der Waals surface area contributed by atoms with Crippen LogP contribution in [0.1, 0.15) is 56.0 Å². The SMILES string of the molecule is C.CI.COC(=O)c1scc(C)c1N.Cc1csc(Cl)c1Nc1nc2ccccc2[nH]1.Cc1csc(Cl)c1Nc1nc2ccccc2[nH]1.Cc1cscc1N.Cc1cscc1N=C=S.Cc1cscc1NC(=S)Nc1ccccc1N.Cc1cscc1Nc1nc2ccccc2[nH]1.Cl.Cl.Nc1ccccc1N.S=C(n1ccnc1)n1ccnc1. The second-order valence-corrected chi connectivity index (χ2v) is 31.9. The number of carbonyl (C=O) groups is 1. The number of nitrogen functional groups attached to an aromatic ring is 5. The number of aryl methyl sites for hydroxylation is 7. The average Bonchev–Trinajstić information content (AvgIpc) is 1.69. The Morgan fingerprint density at radius 3 is 1.24 bits per heavy atom. The molecule has 38 heteroatoms. The number of ether oxygens (including phenoxy) is 1. The van der Waals surface area contributed by atoms with Gasteiger partial charge < -0.3 is 74.9 Å². The van der Waals surface area contributed by atoms with Crippen LogP contribution in [-0.2, 0) is 4.74 Å². The van der Waals surface area contributed by atoms with E-state index in [2.05, 4.69) is 139 Å². The first-order valence-electron chi connectivity index (χ1n) is 34.4. The van der Waals surface area contributed by atoms with E-state index >= 15 is 0 Å². The van der Waals surface area contributed by atoms with Gasteiger partial charge in [-0.25, -0.2) is 29.7 Å². The summed E-state index contributed by atoms with van der Waals surface area (Å²) in [6, 6.07) is 38.6. The van der Waals surface area contributed by atoms with Crippen LogP contribution in [0.4, 0.5) is 80.4 Å². The summed E-state index contributed by atoms with van der Waals surface area (Å²) in [7, 11) is 1.34. The zero-order valence-electron chi connectivity index (χ0n) is 64.7. The number of aliphatic imine (C=N–C) groups is 1. The van der Waals surface area contributed by atoms with Crippen molar-refractivity contribution in [2.45, 2.75) is 55.9 Å². The van der Waals surface area contributed by atoms with Gasteiger partial charge in [-0.15, -0.1) is 104 Å². The Morgan fingerprint density at radius 1 is 0.487 bits per heavy atom. The summed E-state index contributed by atoms with van der Waals surface area (Å²) in [4.78, 5) is 48.1. The molecule has 0 fully saturated rings. The number of hydrogen-bond donors (Lipinski definition) is 13. The number of aromatic amines is 3. The number of thiophene rings is 7. The predicted octanol–water partition coefficient (Wildman–Crippen LogP) is 25.8. The number of esters is 1. The minimum atomic E-state index is -0.361. The number of nitrogens with zero attached hydrogens (tertiary/aromatic N) is 8. The largest absolute Gasteiger partial charge is 0.465 e. The molecule has 0 saturated carbocycles. The van der Waals surface area contributed by atoms with Crippen molar-refractivity contribution in [2.75, 3.05) is 67.3 Å². The molecule has 12 aromatic heterocycles. The van der Waals surface area contributed by atoms with Gasteiger partial charge in [-0.05, 0) is 227 Å². The van der Waals surface area contributed by atoms with Crippen LogP contribution < -0.4 is 55.3 Å². The van der Waals surface area contributed by atoms with Gasteiger partial charge >= 0.3 is 5.97 Å². The number of nitrogens with two attached hydrogens (primary N) is 5. The van der Waals surface area contributed by atoms with E-state index in [0.717, 1.165) is 122 Å². The number of anilines is 13. The highest BCUT2D eigenvalue weighted by Gasteiger charge is 2.15. The Morgan fingerprint density at radius 2 is 0.891 bits per heavy atom. The number of benzene rings is 5. The highest BCUT2D eigenvalue weighted by molar-refractivity contribution is 14.1. The van der Waals surface area contributed by atoms with E-state index in [-0.39, 0.29) is 38.2 Å². The standard InChI is InChI=1S/2C12H10ClN3S.C12H13N3S2.C12H11N3S.C7H6N4S.C7H9NO2S.C6H8N2.C6H5NS2.C5H7NS.CH3I.CH4.2ClH/c2*1-7-6-17-11(13)10(7)16-12-14-8-4-2-3-5-9(8)15-12;1-8-6-17-7-11(8)15-12(16)14-10-5-3-2-4-9(10)13;1-8-6-16-7-11(8)15-12-13-9-4-2-3-5-10(9)14-12;12-7(10-3-1-8-5-10)11-4-2-9-6-11;1-4-3-11-6(5(4)8)7(9)10-2;7-5-3-1-2-4-6(5)8;1-5-2-9-3-6(5)7-4-8;1-4-2-7-3-5(4)6;1-2;;;/h2*2-6H,1H3,(H2,14,15,16);2-7H,13H2,1H3,(H2,14,15,16);2-7H,1H3,(H2,13,14,15);1-6H;3H,8H2,1-2H3;1-4H,7-8H2;2-3H,1H3;2-3H,6H2,1H3;1H3;1H4;2*1H. The van der Waals surface area contributed by atoms with Crippen LogP contribution in [0, 0.1) is 48.5 Å². The third-order valence-corrected chi connectivity index (χ3v) is 23.6. The number of carbonyl (C=O) groups excluding carboxylic acids is 1. The number of methoxy groups -OCH3 is 1. The molecular weight excluding hydrogens is 1890 g/mol. The van der Waals surface area contributed by atoms with Gasteiger partial charge in [-0.2, -0.15) is 4.99 Å². The molecule has 0 aliphatic heterocycles. The second kappa shape index (κ2) is 51.6. The van der Waals surface area contributed by atoms with Crippen LogP contribution in [0.3, 0.4) is 0 Å². The van der Waals surface area contributed by atoms with Crippen LogP contribution in [0.5, 0.6) is 0 Å². The molecule has 0 amide bonds. The fourth-order valence-electron chi connectivity index (χ4n) is 9.37. The summed E-state index contributed by atoms with van der Waals surface area (Å²) >= 11 is 40.1. The Hall–Kier alpha value is -9.83. The van der Waals surface area contributed by atoms with Crippen molar-refractivity contribution < 1.29 is 9.53 Å². The quantitative estimate of drug-likeness (QED) is 0.0151. The molecule has 0 radical (unpaired) electrons. The summed E-state index contributed by atoms with van der Waals surface area (Å²) in [5.41, 5.74) is 50.7. The number of hydrogen-bond acceptors (Lipinski definition) is 26. The van der Waals surface area contributed by atoms with Crippen LogP contribution in [-0.4, -0.2) is 82.4 Å². The number of isothiocyanates is 1. The lowest BCUT2D eigenvalue weighted by Gasteiger charge is -2.11. The molecule has 0 unspecified atom stereocenters. The molecule has 0 saturated heterocycles. The molecule has 119 heavy (non-hydrogen) atoms. The van der Waals surface area contributed by atoms with E-state index in [1.54, 1.807) is 104 Å². The lowest BCUT2D eigenvalue weighted by Crippen LogP contribution is -2.19. The molecule has 0 bridgehead atoms. The maximum absolute atomic E-state index is 11.0. The van der Waals surface area contributed by atoms with E-state index in [1.807, 2.05) is 199 Å². The van der Waals surface area contributed by atoms with Crippen LogP contribution in [0.25, 0.3) is 33.1 Å². The van der Waals surface area contributed by atoms with Gasteiger partial charge in [0.1, 0.15) is 26.2 Å². The molecule has 0 aliphatic carbocycles. The van der Waals surface area contributed by atoms with Crippen molar-refractivity contribution >= 4 is 321 Å². The highest BCUT2D eigenvalue weighted by Crippen LogP contribution is 2.36. The van der Waals surface area contributed by atoms with Crippen LogP contribution in [0.2, 0.25) is 8.67 Å². The Balaban J connectivity index is 0.000000240. The Labute approximate surface area is 770 Å². The first-order valence-corrected chi connectivity index (χ1v) is 44.9. The molecule has 12 heterocycles. The molecule has 0 atom stereocenters. The van der Waals surface area contributed by atoms with Crippen molar-refractivity contribution in [1.82, 2.24) is 49.0 Å². The first kappa shape index (κ1) is 99.7. The van der Waals surface area contributed by atoms with Gasteiger partial charge in [0.15, 0.2) is 10.2 Å². The third kappa shape index (κ3) is 30.7. The number of fused-ring (bicyclic) bond motifs is 3. The number of halogens is 5. The highest BCUT2D eigenvalue weighted by atomic mass is 127. The fraction of sp³-hybridized carbons (Fsp3) is 0.123. The minimum absolute atomic E-state index is 0. The average molecular weight is 1980 g/mol. The number of alkyl halides is 1. The predicted molar refractivity (Wildman–Crippen MR) is 541 cm³/mol. The van der Waals surface area contributed by atoms with E-state index in [0.29, 0.717) is 37.9 Å². The summed E-state index contributed by atoms with van der Waals surface area (Å²) in [5, 5.41) is 41.6. The summed E-state index contributed by atoms with van der Waals surface area (Å²) in [5.74, 6) is 1.87. The number of thiocarbonyl (C=S) groups is 3. The maximum atomic E-state index is 11.0. The summed E-state index contributed by atoms with van der Waals surface area (Å²) < 4.78 is 9.52. The maximum Gasteiger partial charge on any atom is 0.350 e. The first-order chi connectivity index (χ1) is 56.0. The topological polar surface area (TPSA) is 351 Å². The molecule has 5 aromatic carbocycles. The summed E-state index contributed by atoms with van der Waals surface area (Å²) in [6.45, 7) is 14.0. The van der Waals surface area contributed by atoms with Crippen molar-refractivity contribution in [3.8, 4) is 0 Å². The smallest absolute Gasteiger partial charge is 0.350 e. The van der Waals surface area contributed by atoms with Crippen molar-refractivity contribution in [1.29, 1.82) is 0 Å². The van der Waals surface area contributed by atoms with Crippen LogP contribution in [0.15, 0.2) is 223 Å². The Kier molecular flexibility index (Phi) is 43.2. The van der Waals surface area contributed by atoms with Gasteiger partial charge in [-0.1, -0.05) is 114 Å². The van der Waals surface area contributed by atoms with E-state index in [4.69, 9.17) is 76.3 Å². The number of rotatable bonds is 10. The number of imidazole rings is 5. The zero-order valence-corrected chi connectivity index (χ0v) is 78.1. The second-order valence-electron chi connectivity index (χ2n) is 24.1. The van der Waals surface area contributed by atoms with Gasteiger partial charge in [0, 0.05) is 52.0 Å². The van der Waals surface area contributed by atoms with Gasteiger partial charge in [0.2, 0.25) is 17.8 Å². The molecule has 17 rings (SSSR count). The normalized spacial score (nSPS) is 9.75. The molecule has 624 valence electrons. The zero-order chi connectivity index (χ0) is 83.6. The van der Waals surface area contributed by atoms with Crippen LogP contribution >= 0.6 is 187 Å². The van der Waals surface area contributed by atoms with Gasteiger partial charge in [-0.3, -0.25) is 9.13 Å². The lowest BCUT2D eigenvalue weighted by molar-refractivity contribution is 0.0607. The fourth-order valence-corrected chi connectivity index (χ4v) is 16.0. The molecule has 0 spiro atoms. The Bertz CT molecular complexity index is 5630. The van der Waals surface area contributed by atoms with Crippen molar-refractivity contribution in [2.24, 2.45) is 4.99 Å². The number of nitrogens with one attached hydrogen (secondary N) is 8. The number of para-hydroxylation sites is 10.